The second-order valence-corrected chi connectivity index (χ2v) is 6.30. The molecule has 2 aromatic rings. The number of alkyl halides is 2. The number of amides is 1. The second-order valence-electron chi connectivity index (χ2n) is 6.30. The monoisotopic (exact) mass is 377 g/mol. The van der Waals surface area contributed by atoms with Crippen molar-refractivity contribution in [2.45, 2.75) is 39.2 Å². The lowest BCUT2D eigenvalue weighted by atomic mass is 10.1. The van der Waals surface area contributed by atoms with Crippen LogP contribution in [0.4, 0.5) is 8.78 Å². The molecule has 2 aromatic carbocycles. The van der Waals surface area contributed by atoms with Gasteiger partial charge in [0.2, 0.25) is 5.91 Å². The summed E-state index contributed by atoms with van der Waals surface area (Å²) in [6, 6.07) is 13.1. The smallest absolute Gasteiger partial charge is 0.387 e. The molecule has 0 atom stereocenters. The number of nitrogens with one attached hydrogen (secondary N) is 1. The summed E-state index contributed by atoms with van der Waals surface area (Å²) in [5.41, 5.74) is 3.22. The zero-order valence-corrected chi connectivity index (χ0v) is 15.6. The van der Waals surface area contributed by atoms with Crippen LogP contribution in [0.3, 0.4) is 0 Å². The fourth-order valence-electron chi connectivity index (χ4n) is 2.71. The van der Waals surface area contributed by atoms with Gasteiger partial charge >= 0.3 is 6.61 Å². The van der Waals surface area contributed by atoms with E-state index in [4.69, 9.17) is 4.74 Å². The lowest BCUT2D eigenvalue weighted by Gasteiger charge is -2.12. The third-order valence-corrected chi connectivity index (χ3v) is 4.17. The molecule has 4 nitrogen and oxygen atoms in total. The molecule has 0 fully saturated rings. The number of benzene rings is 2. The summed E-state index contributed by atoms with van der Waals surface area (Å²) in [5.74, 6) is 0.230. The van der Waals surface area contributed by atoms with Gasteiger partial charge in [-0.3, -0.25) is 4.79 Å². The van der Waals surface area contributed by atoms with Crippen molar-refractivity contribution in [3.8, 4) is 11.5 Å². The third kappa shape index (κ3) is 7.25. The summed E-state index contributed by atoms with van der Waals surface area (Å²) in [6.07, 6.45) is 2.62. The highest BCUT2D eigenvalue weighted by atomic mass is 19.3. The Morgan fingerprint density at radius 3 is 2.41 bits per heavy atom. The van der Waals surface area contributed by atoms with E-state index in [0.29, 0.717) is 19.4 Å². The number of carbonyl (C=O) groups excluding carboxylic acids is 1. The van der Waals surface area contributed by atoms with E-state index in [1.54, 1.807) is 12.1 Å². The Kier molecular flexibility index (Phi) is 8.04. The SMILES string of the molecule is COc1ccc(CCNC(=O)CCCc2ccc(C)cc2)cc1OC(F)F. The van der Waals surface area contributed by atoms with Gasteiger partial charge in [-0.05, 0) is 49.4 Å². The Bertz CT molecular complexity index is 733. The molecule has 1 N–H and O–H groups in total. The molecule has 2 rings (SSSR count). The molecular formula is C21H25F2NO3. The molecular weight excluding hydrogens is 352 g/mol. The Hall–Kier alpha value is -2.63. The predicted octanol–water partition coefficient (Wildman–Crippen LogP) is 4.29. The van der Waals surface area contributed by atoms with Gasteiger partial charge < -0.3 is 14.8 Å². The molecule has 0 aliphatic heterocycles. The first-order chi connectivity index (χ1) is 13.0. The molecule has 146 valence electrons. The molecule has 0 heterocycles. The molecule has 6 heteroatoms. The van der Waals surface area contributed by atoms with Crippen LogP contribution < -0.4 is 14.8 Å². The topological polar surface area (TPSA) is 47.6 Å². The van der Waals surface area contributed by atoms with Crippen molar-refractivity contribution in [2.75, 3.05) is 13.7 Å². The summed E-state index contributed by atoms with van der Waals surface area (Å²) < 4.78 is 34.4. The Labute approximate surface area is 158 Å². The van der Waals surface area contributed by atoms with Crippen molar-refractivity contribution in [2.24, 2.45) is 0 Å². The zero-order chi connectivity index (χ0) is 19.6. The number of aryl methyl sites for hydroxylation is 2. The van der Waals surface area contributed by atoms with Crippen molar-refractivity contribution in [3.63, 3.8) is 0 Å². The summed E-state index contributed by atoms with van der Waals surface area (Å²) in [7, 11) is 1.39. The highest BCUT2D eigenvalue weighted by Crippen LogP contribution is 2.29. The number of ether oxygens (including phenoxy) is 2. The van der Waals surface area contributed by atoms with Crippen LogP contribution >= 0.6 is 0 Å². The van der Waals surface area contributed by atoms with E-state index in [0.717, 1.165) is 18.4 Å². The summed E-state index contributed by atoms with van der Waals surface area (Å²) in [4.78, 5) is 11.9. The quantitative estimate of drug-likeness (QED) is 0.672. The lowest BCUT2D eigenvalue weighted by Crippen LogP contribution is -2.25. The fraction of sp³-hybridized carbons (Fsp3) is 0.381. The van der Waals surface area contributed by atoms with Crippen molar-refractivity contribution < 1.29 is 23.0 Å². The Balaban J connectivity index is 1.73. The number of carbonyl (C=O) groups is 1. The largest absolute Gasteiger partial charge is 0.493 e. The van der Waals surface area contributed by atoms with Crippen LogP contribution in [0.15, 0.2) is 42.5 Å². The van der Waals surface area contributed by atoms with E-state index in [1.807, 2.05) is 6.92 Å². The molecule has 0 unspecified atom stereocenters. The molecule has 0 radical (unpaired) electrons. The molecule has 0 saturated carbocycles. The van der Waals surface area contributed by atoms with Gasteiger partial charge in [0, 0.05) is 13.0 Å². The van der Waals surface area contributed by atoms with Crippen molar-refractivity contribution >= 4 is 5.91 Å². The van der Waals surface area contributed by atoms with Gasteiger partial charge in [-0.25, -0.2) is 0 Å². The van der Waals surface area contributed by atoms with Crippen LogP contribution in [-0.2, 0) is 17.6 Å². The van der Waals surface area contributed by atoms with Gasteiger partial charge in [-0.1, -0.05) is 35.9 Å². The van der Waals surface area contributed by atoms with Crippen LogP contribution in [0.25, 0.3) is 0 Å². The minimum atomic E-state index is -2.91. The van der Waals surface area contributed by atoms with E-state index >= 15 is 0 Å². The predicted molar refractivity (Wildman–Crippen MR) is 100 cm³/mol. The van der Waals surface area contributed by atoms with Gasteiger partial charge in [-0.2, -0.15) is 8.78 Å². The first-order valence-electron chi connectivity index (χ1n) is 8.92. The maximum atomic E-state index is 12.5. The van der Waals surface area contributed by atoms with Gasteiger partial charge in [0.05, 0.1) is 7.11 Å². The molecule has 0 saturated heterocycles. The molecule has 0 bridgehead atoms. The minimum absolute atomic E-state index is 0.00516. The van der Waals surface area contributed by atoms with Gasteiger partial charge in [0.15, 0.2) is 11.5 Å². The number of halogens is 2. The van der Waals surface area contributed by atoms with Crippen LogP contribution in [-0.4, -0.2) is 26.2 Å². The summed E-state index contributed by atoms with van der Waals surface area (Å²) in [6.45, 7) is -0.436. The van der Waals surface area contributed by atoms with Crippen LogP contribution in [0.1, 0.15) is 29.5 Å². The number of hydrogen-bond donors (Lipinski definition) is 1. The standard InChI is InChI=1S/C21H25F2NO3/c1-15-6-8-16(9-7-15)4-3-5-20(25)24-13-12-17-10-11-18(26-2)19(14-17)27-21(22)23/h6-11,14,21H,3-5,12-13H2,1-2H3,(H,24,25). The molecule has 0 aromatic heterocycles. The number of rotatable bonds is 10. The normalized spacial score (nSPS) is 10.7. The Morgan fingerprint density at radius 1 is 1.04 bits per heavy atom. The summed E-state index contributed by atoms with van der Waals surface area (Å²) in [5, 5.41) is 2.86. The van der Waals surface area contributed by atoms with Crippen LogP contribution in [0, 0.1) is 6.92 Å². The Morgan fingerprint density at radius 2 is 1.74 bits per heavy atom. The fourth-order valence-corrected chi connectivity index (χ4v) is 2.71. The van der Waals surface area contributed by atoms with E-state index in [9.17, 15) is 13.6 Å². The average Bonchev–Trinajstić information content (AvgIpc) is 2.63. The molecule has 1 amide bonds. The second kappa shape index (κ2) is 10.5. The van der Waals surface area contributed by atoms with Crippen molar-refractivity contribution in [1.82, 2.24) is 5.32 Å². The molecule has 0 aliphatic carbocycles. The molecule has 27 heavy (non-hydrogen) atoms. The molecule has 0 aliphatic rings. The van der Waals surface area contributed by atoms with Crippen molar-refractivity contribution in [1.29, 1.82) is 0 Å². The van der Waals surface area contributed by atoms with E-state index in [-0.39, 0.29) is 17.4 Å². The zero-order valence-electron chi connectivity index (χ0n) is 15.6. The number of methoxy groups -OCH3 is 1. The highest BCUT2D eigenvalue weighted by molar-refractivity contribution is 5.75. The van der Waals surface area contributed by atoms with E-state index < -0.39 is 6.61 Å². The summed E-state index contributed by atoms with van der Waals surface area (Å²) >= 11 is 0. The first kappa shape index (κ1) is 20.7. The maximum Gasteiger partial charge on any atom is 0.387 e. The van der Waals surface area contributed by atoms with Crippen LogP contribution in [0.5, 0.6) is 11.5 Å². The van der Waals surface area contributed by atoms with Crippen LogP contribution in [0.2, 0.25) is 0 Å². The molecule has 0 spiro atoms. The highest BCUT2D eigenvalue weighted by Gasteiger charge is 2.11. The maximum absolute atomic E-state index is 12.5. The number of hydrogen-bond acceptors (Lipinski definition) is 3. The first-order valence-corrected chi connectivity index (χ1v) is 8.92. The average molecular weight is 377 g/mol. The van der Waals surface area contributed by atoms with E-state index in [1.165, 1.54) is 24.3 Å². The van der Waals surface area contributed by atoms with Gasteiger partial charge in [0.25, 0.3) is 0 Å². The third-order valence-electron chi connectivity index (χ3n) is 4.17. The van der Waals surface area contributed by atoms with Gasteiger partial charge in [0.1, 0.15) is 0 Å². The lowest BCUT2D eigenvalue weighted by molar-refractivity contribution is -0.121. The van der Waals surface area contributed by atoms with Gasteiger partial charge in [-0.15, -0.1) is 0 Å². The van der Waals surface area contributed by atoms with Crippen molar-refractivity contribution in [3.05, 3.63) is 59.2 Å². The minimum Gasteiger partial charge on any atom is -0.493 e. The van der Waals surface area contributed by atoms with E-state index in [2.05, 4.69) is 34.3 Å².